The number of hydrogen-bond acceptors (Lipinski definition) is 4. The smallest absolute Gasteiger partial charge is 0.414 e. The summed E-state index contributed by atoms with van der Waals surface area (Å²) >= 11 is 0. The number of fused-ring (bicyclic) bond motifs is 3. The highest BCUT2D eigenvalue weighted by Crippen LogP contribution is 2.44. The fourth-order valence-electron chi connectivity index (χ4n) is 4.10. The van der Waals surface area contributed by atoms with E-state index in [9.17, 15) is 14.7 Å². The van der Waals surface area contributed by atoms with Crippen molar-refractivity contribution in [3.63, 3.8) is 0 Å². The molecular weight excluding hydrogens is 408 g/mol. The van der Waals surface area contributed by atoms with Gasteiger partial charge < -0.3 is 9.84 Å². The number of aromatic carboxylic acids is 1. The van der Waals surface area contributed by atoms with E-state index in [1.807, 2.05) is 36.4 Å². The topological polar surface area (TPSA) is 116 Å². The van der Waals surface area contributed by atoms with Crippen molar-refractivity contribution >= 4 is 23.4 Å². The first-order valence-corrected chi connectivity index (χ1v) is 9.94. The minimum Gasteiger partial charge on any atom is -0.478 e. The van der Waals surface area contributed by atoms with Crippen LogP contribution in [0.4, 0.5) is 16.2 Å². The van der Waals surface area contributed by atoms with Gasteiger partial charge in [0.2, 0.25) is 0 Å². The highest BCUT2D eigenvalue weighted by atomic mass is 16.6. The van der Waals surface area contributed by atoms with Gasteiger partial charge >= 0.3 is 12.1 Å². The predicted molar refractivity (Wildman–Crippen MR) is 120 cm³/mol. The fraction of sp³-hybridized carbons (Fsp3) is 0.167. The van der Waals surface area contributed by atoms with Crippen molar-refractivity contribution < 1.29 is 19.4 Å². The summed E-state index contributed by atoms with van der Waals surface area (Å²) in [6.07, 6.45) is -0.635. The van der Waals surface area contributed by atoms with E-state index in [1.54, 1.807) is 6.92 Å². The number of ether oxygens (including phenoxy) is 1. The maximum absolute atomic E-state index is 12.9. The molecule has 1 N–H and O–H groups in total. The van der Waals surface area contributed by atoms with Gasteiger partial charge in [-0.05, 0) is 52.4 Å². The van der Waals surface area contributed by atoms with Crippen LogP contribution >= 0.6 is 0 Å². The van der Waals surface area contributed by atoms with Crippen molar-refractivity contribution in [2.24, 2.45) is 5.11 Å². The van der Waals surface area contributed by atoms with Gasteiger partial charge in [0.05, 0.1) is 11.3 Å². The molecule has 0 saturated heterocycles. The maximum atomic E-state index is 12.9. The van der Waals surface area contributed by atoms with Crippen molar-refractivity contribution in [1.29, 1.82) is 0 Å². The summed E-state index contributed by atoms with van der Waals surface area (Å²) in [7, 11) is 1.49. The third-order valence-corrected chi connectivity index (χ3v) is 5.72. The molecule has 0 saturated carbocycles. The standard InChI is InChI=1S/C24H20N4O4/c1-14-21(26-27-25)11-15(23(29)30)12-22(14)28(2)24(31)32-13-20-18-9-5-3-7-16(18)17-8-4-6-10-19(17)20/h3-12,20H,13H2,1-2H3,(H,29,30). The zero-order chi connectivity index (χ0) is 22.8. The molecule has 0 fully saturated rings. The van der Waals surface area contributed by atoms with E-state index in [-0.39, 0.29) is 23.8 Å². The summed E-state index contributed by atoms with van der Waals surface area (Å²) in [6.45, 7) is 1.79. The monoisotopic (exact) mass is 428 g/mol. The number of anilines is 1. The summed E-state index contributed by atoms with van der Waals surface area (Å²) < 4.78 is 5.65. The molecule has 3 aromatic carbocycles. The molecule has 160 valence electrons. The first-order chi connectivity index (χ1) is 15.4. The molecule has 0 heterocycles. The lowest BCUT2D eigenvalue weighted by molar-refractivity contribution is 0.0696. The lowest BCUT2D eigenvalue weighted by Crippen LogP contribution is -2.29. The Kier molecular flexibility index (Phi) is 5.54. The van der Waals surface area contributed by atoms with Crippen molar-refractivity contribution in [1.82, 2.24) is 0 Å². The number of carbonyl (C=O) groups excluding carboxylic acids is 1. The van der Waals surface area contributed by atoms with E-state index in [0.29, 0.717) is 11.3 Å². The van der Waals surface area contributed by atoms with Crippen LogP contribution in [0.1, 0.15) is 33.0 Å². The molecule has 1 aliphatic carbocycles. The van der Waals surface area contributed by atoms with E-state index in [4.69, 9.17) is 10.3 Å². The zero-order valence-corrected chi connectivity index (χ0v) is 17.5. The lowest BCUT2D eigenvalue weighted by atomic mass is 9.98. The Balaban J connectivity index is 1.59. The Morgan fingerprint density at radius 1 is 1.09 bits per heavy atom. The number of nitrogens with zero attached hydrogens (tertiary/aromatic N) is 4. The molecule has 0 spiro atoms. The highest BCUT2D eigenvalue weighted by Gasteiger charge is 2.29. The number of carboxylic acid groups (broad SMARTS) is 1. The first kappa shape index (κ1) is 21.0. The van der Waals surface area contributed by atoms with Gasteiger partial charge in [-0.3, -0.25) is 4.90 Å². The molecule has 1 amide bonds. The molecule has 0 unspecified atom stereocenters. The summed E-state index contributed by atoms with van der Waals surface area (Å²) in [5, 5.41) is 12.9. The number of rotatable bonds is 5. The molecule has 3 aromatic rings. The van der Waals surface area contributed by atoms with E-state index < -0.39 is 12.1 Å². The Morgan fingerprint density at radius 3 is 2.25 bits per heavy atom. The van der Waals surface area contributed by atoms with Crippen molar-refractivity contribution in [2.45, 2.75) is 12.8 Å². The summed E-state index contributed by atoms with van der Waals surface area (Å²) in [5.74, 6) is -1.29. The van der Waals surface area contributed by atoms with Gasteiger partial charge in [-0.1, -0.05) is 53.6 Å². The molecule has 8 heteroatoms. The molecule has 0 aromatic heterocycles. The third-order valence-electron chi connectivity index (χ3n) is 5.72. The van der Waals surface area contributed by atoms with Crippen molar-refractivity contribution in [2.75, 3.05) is 18.6 Å². The van der Waals surface area contributed by atoms with Crippen LogP contribution in [0.5, 0.6) is 0 Å². The minimum absolute atomic E-state index is 0.0914. The zero-order valence-electron chi connectivity index (χ0n) is 17.5. The molecule has 32 heavy (non-hydrogen) atoms. The Labute approximate surface area is 184 Å². The summed E-state index contributed by atoms with van der Waals surface area (Å²) in [5.41, 5.74) is 14.0. The number of carbonyl (C=O) groups is 2. The highest BCUT2D eigenvalue weighted by molar-refractivity contribution is 5.95. The normalized spacial score (nSPS) is 11.8. The Hall–Kier alpha value is -4.29. The number of hydrogen-bond donors (Lipinski definition) is 1. The van der Waals surface area contributed by atoms with Crippen LogP contribution in [0.25, 0.3) is 21.6 Å². The molecule has 4 rings (SSSR count). The van der Waals surface area contributed by atoms with Gasteiger partial charge in [-0.25, -0.2) is 9.59 Å². The number of benzene rings is 3. The molecule has 0 atom stereocenters. The van der Waals surface area contributed by atoms with Gasteiger partial charge in [0.1, 0.15) is 6.61 Å². The van der Waals surface area contributed by atoms with E-state index >= 15 is 0 Å². The van der Waals surface area contributed by atoms with Crippen LogP contribution in [0.3, 0.4) is 0 Å². The number of carboxylic acids is 1. The third kappa shape index (κ3) is 3.64. The van der Waals surface area contributed by atoms with Gasteiger partial charge in [-0.15, -0.1) is 0 Å². The molecule has 0 radical (unpaired) electrons. The van der Waals surface area contributed by atoms with E-state index in [0.717, 1.165) is 22.3 Å². The van der Waals surface area contributed by atoms with Gasteiger partial charge in [-0.2, -0.15) is 0 Å². The summed E-state index contributed by atoms with van der Waals surface area (Å²) in [4.78, 5) is 28.3. The molecule has 1 aliphatic rings. The van der Waals surface area contributed by atoms with Crippen LogP contribution < -0.4 is 4.90 Å². The number of amides is 1. The number of azide groups is 1. The minimum atomic E-state index is -1.19. The fourth-order valence-corrected chi connectivity index (χ4v) is 4.10. The molecule has 8 nitrogen and oxygen atoms in total. The van der Waals surface area contributed by atoms with Crippen LogP contribution in [0, 0.1) is 6.92 Å². The van der Waals surface area contributed by atoms with E-state index in [2.05, 4.69) is 22.2 Å². The van der Waals surface area contributed by atoms with Crippen LogP contribution in [0.2, 0.25) is 0 Å². The quantitative estimate of drug-likeness (QED) is 0.304. The second kappa shape index (κ2) is 8.45. The Bertz CT molecular complexity index is 1240. The first-order valence-electron chi connectivity index (χ1n) is 9.94. The van der Waals surface area contributed by atoms with Crippen LogP contribution in [-0.4, -0.2) is 30.8 Å². The lowest BCUT2D eigenvalue weighted by Gasteiger charge is -2.22. The second-order valence-electron chi connectivity index (χ2n) is 7.50. The van der Waals surface area contributed by atoms with E-state index in [1.165, 1.54) is 24.1 Å². The Morgan fingerprint density at radius 2 is 1.69 bits per heavy atom. The summed E-state index contributed by atoms with van der Waals surface area (Å²) in [6, 6.07) is 18.7. The van der Waals surface area contributed by atoms with Gasteiger partial charge in [0.25, 0.3) is 0 Å². The largest absolute Gasteiger partial charge is 0.478 e. The predicted octanol–water partition coefficient (Wildman–Crippen LogP) is 6.02. The SMILES string of the molecule is Cc1c(N=[N+]=[N-])cc(C(=O)O)cc1N(C)C(=O)OCC1c2ccccc2-c2ccccc21. The second-order valence-corrected chi connectivity index (χ2v) is 7.50. The maximum Gasteiger partial charge on any atom is 0.414 e. The van der Waals surface area contributed by atoms with Crippen molar-refractivity contribution in [3.05, 3.63) is 93.4 Å². The van der Waals surface area contributed by atoms with Gasteiger partial charge in [0.15, 0.2) is 0 Å². The van der Waals surface area contributed by atoms with Crippen LogP contribution in [0.15, 0.2) is 65.8 Å². The average molecular weight is 428 g/mol. The van der Waals surface area contributed by atoms with Crippen molar-refractivity contribution in [3.8, 4) is 11.1 Å². The van der Waals surface area contributed by atoms with Crippen LogP contribution in [-0.2, 0) is 4.74 Å². The van der Waals surface area contributed by atoms with Gasteiger partial charge in [0, 0.05) is 23.6 Å². The molecule has 0 bridgehead atoms. The molecule has 0 aliphatic heterocycles. The average Bonchev–Trinajstić information content (AvgIpc) is 3.12. The molecular formula is C24H20N4O4.